The molecule has 1 amide bonds. The van der Waals surface area contributed by atoms with Gasteiger partial charge in [-0.05, 0) is 38.7 Å². The van der Waals surface area contributed by atoms with Crippen molar-refractivity contribution in [1.82, 2.24) is 10.2 Å². The first-order chi connectivity index (χ1) is 8.52. The highest BCUT2D eigenvalue weighted by Crippen LogP contribution is 2.19. The smallest absolute Gasteiger partial charge is 0.238 e. The van der Waals surface area contributed by atoms with E-state index in [1.165, 1.54) is 0 Å². The summed E-state index contributed by atoms with van der Waals surface area (Å²) < 4.78 is 0. The lowest BCUT2D eigenvalue weighted by molar-refractivity contribution is -0.117. The summed E-state index contributed by atoms with van der Waals surface area (Å²) in [5, 5.41) is 6.54. The van der Waals surface area contributed by atoms with Crippen LogP contribution in [0.4, 0.5) is 5.69 Å². The van der Waals surface area contributed by atoms with Crippen LogP contribution in [0.15, 0.2) is 18.2 Å². The molecule has 0 saturated heterocycles. The van der Waals surface area contributed by atoms with E-state index in [0.717, 1.165) is 24.3 Å². The number of hydrogen-bond acceptors (Lipinski definition) is 3. The fourth-order valence-corrected chi connectivity index (χ4v) is 1.72. The number of anilines is 1. The van der Waals surface area contributed by atoms with Crippen molar-refractivity contribution in [3.8, 4) is 0 Å². The SMILES string of the molecule is CNCCN(C)CC(=O)Nc1cc(Cl)ccc1C. The summed E-state index contributed by atoms with van der Waals surface area (Å²) in [7, 11) is 3.81. The van der Waals surface area contributed by atoms with Crippen LogP contribution in [0.1, 0.15) is 5.56 Å². The molecule has 0 aliphatic carbocycles. The van der Waals surface area contributed by atoms with Crippen molar-refractivity contribution < 1.29 is 4.79 Å². The predicted molar refractivity (Wildman–Crippen MR) is 76.2 cm³/mol. The number of nitrogens with zero attached hydrogens (tertiary/aromatic N) is 1. The van der Waals surface area contributed by atoms with Gasteiger partial charge in [-0.2, -0.15) is 0 Å². The van der Waals surface area contributed by atoms with Crippen LogP contribution < -0.4 is 10.6 Å². The maximum Gasteiger partial charge on any atom is 0.238 e. The molecular formula is C13H20ClN3O. The fourth-order valence-electron chi connectivity index (χ4n) is 1.55. The molecule has 0 fully saturated rings. The van der Waals surface area contributed by atoms with Gasteiger partial charge in [-0.1, -0.05) is 17.7 Å². The Kier molecular flexibility index (Phi) is 6.12. The second-order valence-corrected chi connectivity index (χ2v) is 4.79. The average molecular weight is 270 g/mol. The number of likely N-dealkylation sites (N-methyl/N-ethyl adjacent to an activating group) is 2. The molecule has 0 spiro atoms. The zero-order chi connectivity index (χ0) is 13.5. The first-order valence-electron chi connectivity index (χ1n) is 5.92. The minimum atomic E-state index is -0.0287. The predicted octanol–water partition coefficient (Wildman–Crippen LogP) is 1.74. The van der Waals surface area contributed by atoms with E-state index in [-0.39, 0.29) is 5.91 Å². The topological polar surface area (TPSA) is 44.4 Å². The van der Waals surface area contributed by atoms with E-state index in [9.17, 15) is 4.79 Å². The number of hydrogen-bond donors (Lipinski definition) is 2. The van der Waals surface area contributed by atoms with Gasteiger partial charge in [-0.25, -0.2) is 0 Å². The summed E-state index contributed by atoms with van der Waals surface area (Å²) in [5.41, 5.74) is 1.78. The van der Waals surface area contributed by atoms with Crippen molar-refractivity contribution in [2.24, 2.45) is 0 Å². The third kappa shape index (κ3) is 5.04. The van der Waals surface area contributed by atoms with E-state index >= 15 is 0 Å². The van der Waals surface area contributed by atoms with Crippen LogP contribution in [-0.4, -0.2) is 44.5 Å². The molecule has 2 N–H and O–H groups in total. The van der Waals surface area contributed by atoms with Crippen molar-refractivity contribution in [2.45, 2.75) is 6.92 Å². The lowest BCUT2D eigenvalue weighted by Crippen LogP contribution is -2.34. The van der Waals surface area contributed by atoms with E-state index in [4.69, 9.17) is 11.6 Å². The largest absolute Gasteiger partial charge is 0.325 e. The zero-order valence-corrected chi connectivity index (χ0v) is 11.8. The van der Waals surface area contributed by atoms with Crippen molar-refractivity contribution in [1.29, 1.82) is 0 Å². The molecule has 1 aromatic carbocycles. The molecule has 100 valence electrons. The Morgan fingerprint density at radius 1 is 1.44 bits per heavy atom. The van der Waals surface area contributed by atoms with Crippen LogP contribution in [0.25, 0.3) is 0 Å². The standard InChI is InChI=1S/C13H20ClN3O/c1-10-4-5-11(14)8-12(10)16-13(18)9-17(3)7-6-15-2/h4-5,8,15H,6-7,9H2,1-3H3,(H,16,18). The second kappa shape index (κ2) is 7.36. The average Bonchev–Trinajstić information content (AvgIpc) is 2.31. The number of carbonyl (C=O) groups is 1. The fraction of sp³-hybridized carbons (Fsp3) is 0.462. The molecule has 5 heteroatoms. The molecule has 1 aromatic rings. The normalized spacial score (nSPS) is 10.7. The van der Waals surface area contributed by atoms with Gasteiger partial charge in [-0.15, -0.1) is 0 Å². The number of carbonyl (C=O) groups excluding carboxylic acids is 1. The van der Waals surface area contributed by atoms with Crippen LogP contribution in [0.5, 0.6) is 0 Å². The Balaban J connectivity index is 2.51. The van der Waals surface area contributed by atoms with Crippen LogP contribution in [0.2, 0.25) is 5.02 Å². The number of nitrogens with one attached hydrogen (secondary N) is 2. The maximum atomic E-state index is 11.8. The highest BCUT2D eigenvalue weighted by molar-refractivity contribution is 6.31. The number of halogens is 1. The van der Waals surface area contributed by atoms with E-state index in [1.807, 2.05) is 38.1 Å². The Hall–Kier alpha value is -1.10. The van der Waals surface area contributed by atoms with Gasteiger partial charge in [0.25, 0.3) is 0 Å². The number of rotatable bonds is 6. The number of benzene rings is 1. The first-order valence-corrected chi connectivity index (χ1v) is 6.30. The molecule has 0 aromatic heterocycles. The third-order valence-electron chi connectivity index (χ3n) is 2.63. The summed E-state index contributed by atoms with van der Waals surface area (Å²) in [4.78, 5) is 13.8. The highest BCUT2D eigenvalue weighted by atomic mass is 35.5. The molecule has 18 heavy (non-hydrogen) atoms. The van der Waals surface area contributed by atoms with Gasteiger partial charge >= 0.3 is 0 Å². The van der Waals surface area contributed by atoms with Crippen LogP contribution in [-0.2, 0) is 4.79 Å². The van der Waals surface area contributed by atoms with Gasteiger partial charge < -0.3 is 10.6 Å². The highest BCUT2D eigenvalue weighted by Gasteiger charge is 2.08. The molecule has 0 aliphatic heterocycles. The molecule has 0 unspecified atom stereocenters. The molecule has 0 radical (unpaired) electrons. The summed E-state index contributed by atoms with van der Waals surface area (Å²) in [6, 6.07) is 5.47. The van der Waals surface area contributed by atoms with Gasteiger partial charge in [0.1, 0.15) is 0 Å². The first kappa shape index (κ1) is 15.0. The summed E-state index contributed by atoms with van der Waals surface area (Å²) >= 11 is 5.90. The Labute approximate surface area is 113 Å². The quantitative estimate of drug-likeness (QED) is 0.827. The van der Waals surface area contributed by atoms with Crippen molar-refractivity contribution in [3.05, 3.63) is 28.8 Å². The third-order valence-corrected chi connectivity index (χ3v) is 2.87. The molecular weight excluding hydrogens is 250 g/mol. The minimum absolute atomic E-state index is 0.0287. The Morgan fingerprint density at radius 3 is 2.83 bits per heavy atom. The van der Waals surface area contributed by atoms with Gasteiger partial charge in [-0.3, -0.25) is 9.69 Å². The van der Waals surface area contributed by atoms with E-state index < -0.39 is 0 Å². The molecule has 4 nitrogen and oxygen atoms in total. The summed E-state index contributed by atoms with van der Waals surface area (Å²) in [6.07, 6.45) is 0. The number of aryl methyl sites for hydroxylation is 1. The molecule has 0 aliphatic rings. The molecule has 0 bridgehead atoms. The van der Waals surface area contributed by atoms with Crippen molar-refractivity contribution in [3.63, 3.8) is 0 Å². The molecule has 1 rings (SSSR count). The van der Waals surface area contributed by atoms with Crippen LogP contribution in [0, 0.1) is 6.92 Å². The van der Waals surface area contributed by atoms with E-state index in [2.05, 4.69) is 10.6 Å². The lowest BCUT2D eigenvalue weighted by atomic mass is 10.2. The molecule has 0 heterocycles. The molecule has 0 saturated carbocycles. The van der Waals surface area contributed by atoms with Crippen LogP contribution >= 0.6 is 11.6 Å². The number of amides is 1. The van der Waals surface area contributed by atoms with Crippen LogP contribution in [0.3, 0.4) is 0 Å². The van der Waals surface area contributed by atoms with Gasteiger partial charge in [0, 0.05) is 23.8 Å². The zero-order valence-electron chi connectivity index (χ0n) is 11.1. The van der Waals surface area contributed by atoms with Gasteiger partial charge in [0.15, 0.2) is 0 Å². The lowest BCUT2D eigenvalue weighted by Gasteiger charge is -2.16. The van der Waals surface area contributed by atoms with E-state index in [1.54, 1.807) is 6.07 Å². The van der Waals surface area contributed by atoms with Crippen molar-refractivity contribution >= 4 is 23.2 Å². The maximum absolute atomic E-state index is 11.8. The van der Waals surface area contributed by atoms with Gasteiger partial charge in [0.2, 0.25) is 5.91 Å². The van der Waals surface area contributed by atoms with Gasteiger partial charge in [0.05, 0.1) is 6.54 Å². The minimum Gasteiger partial charge on any atom is -0.325 e. The summed E-state index contributed by atoms with van der Waals surface area (Å²) in [6.45, 7) is 4.00. The van der Waals surface area contributed by atoms with Crippen molar-refractivity contribution in [2.75, 3.05) is 39.0 Å². The second-order valence-electron chi connectivity index (χ2n) is 4.35. The molecule has 0 atom stereocenters. The Bertz CT molecular complexity index is 409. The summed E-state index contributed by atoms with van der Waals surface area (Å²) in [5.74, 6) is -0.0287. The van der Waals surface area contributed by atoms with E-state index in [0.29, 0.717) is 11.6 Å². The Morgan fingerprint density at radius 2 is 2.17 bits per heavy atom. The monoisotopic (exact) mass is 269 g/mol.